The van der Waals surface area contributed by atoms with Gasteiger partial charge in [-0.15, -0.1) is 0 Å². The molecule has 0 amide bonds. The summed E-state index contributed by atoms with van der Waals surface area (Å²) in [6, 6.07) is 5.43. The van der Waals surface area contributed by atoms with Gasteiger partial charge >= 0.3 is 18.9 Å². The van der Waals surface area contributed by atoms with Crippen LogP contribution in [-0.4, -0.2) is 25.2 Å². The Morgan fingerprint density at radius 1 is 1.17 bits per heavy atom. The van der Waals surface area contributed by atoms with Crippen LogP contribution in [0.5, 0.6) is 11.5 Å². The molecule has 18 heavy (non-hydrogen) atoms. The molecule has 0 saturated heterocycles. The van der Waals surface area contributed by atoms with Crippen molar-refractivity contribution in [3.05, 3.63) is 23.8 Å². The average Bonchev–Trinajstić information content (AvgIpc) is 2.30. The van der Waals surface area contributed by atoms with Crippen molar-refractivity contribution in [2.24, 2.45) is 0 Å². The molecule has 0 atom stereocenters. The van der Waals surface area contributed by atoms with Crippen molar-refractivity contribution >= 4 is 15.0 Å². The fraction of sp³-hybridized carbons (Fsp3) is 0.462. The fourth-order valence-electron chi connectivity index (χ4n) is 1.58. The third-order valence-corrected chi connectivity index (χ3v) is 2.47. The molecule has 0 spiro atoms. The number of Topliss-reactive ketones (excluding diaryl/α,β-unsaturated/α-hetero) is 1. The molecule has 0 bridgehead atoms. The first-order valence-electron chi connectivity index (χ1n) is 5.81. The molecule has 0 unspecified atom stereocenters. The second-order valence-corrected chi connectivity index (χ2v) is 3.92. The van der Waals surface area contributed by atoms with Crippen LogP contribution in [0.2, 0.25) is 0 Å². The second-order valence-electron chi connectivity index (χ2n) is 3.42. The zero-order chi connectivity index (χ0) is 12.7. The predicted molar refractivity (Wildman–Crippen MR) is 70.9 cm³/mol. The maximum Gasteiger partial charge on any atom is 1.00 e. The van der Waals surface area contributed by atoms with Gasteiger partial charge in [0.05, 0.1) is 13.2 Å². The molecule has 0 fully saturated rings. The minimum Gasteiger partial charge on any atom is -0.558 e. The first-order chi connectivity index (χ1) is 8.24. The summed E-state index contributed by atoms with van der Waals surface area (Å²) in [7, 11) is 3.32. The molecule has 0 aliphatic heterocycles. The van der Waals surface area contributed by atoms with Crippen molar-refractivity contribution in [2.45, 2.75) is 20.3 Å². The second kappa shape index (κ2) is 9.45. The van der Waals surface area contributed by atoms with Gasteiger partial charge in [0.2, 0.25) is 0 Å². The third-order valence-electron chi connectivity index (χ3n) is 2.22. The van der Waals surface area contributed by atoms with Crippen LogP contribution in [0, 0.1) is 0 Å². The molecule has 94 valence electrons. The Bertz CT molecular complexity index is 358. The van der Waals surface area contributed by atoms with E-state index in [4.69, 9.17) is 9.47 Å². The van der Waals surface area contributed by atoms with Crippen LogP contribution in [0.4, 0.5) is 0 Å². The van der Waals surface area contributed by atoms with Crippen molar-refractivity contribution in [3.63, 3.8) is 0 Å². The van der Waals surface area contributed by atoms with Gasteiger partial charge in [-0.3, -0.25) is 4.79 Å². The molecule has 0 heterocycles. The summed E-state index contributed by atoms with van der Waals surface area (Å²) in [6.07, 6.45) is 1.06. The van der Waals surface area contributed by atoms with Gasteiger partial charge < -0.3 is 18.7 Å². The molecular formula is C13H18LiO3P. The summed E-state index contributed by atoms with van der Waals surface area (Å²) >= 11 is 0. The molecule has 1 aromatic rings. The van der Waals surface area contributed by atoms with Crippen LogP contribution in [-0.2, 0) is 0 Å². The summed E-state index contributed by atoms with van der Waals surface area (Å²) in [5, 5.41) is 0. The molecule has 0 aliphatic carbocycles. The Kier molecular flexibility index (Phi) is 9.19. The number of benzene rings is 1. The maximum absolute atomic E-state index is 12.0. The van der Waals surface area contributed by atoms with E-state index in [-0.39, 0.29) is 24.6 Å². The normalized spacial score (nSPS) is 9.50. The van der Waals surface area contributed by atoms with Gasteiger partial charge in [-0.05, 0) is 32.4 Å². The summed E-state index contributed by atoms with van der Waals surface area (Å²) in [5.41, 5.74) is 0.550. The van der Waals surface area contributed by atoms with Gasteiger partial charge in [0, 0.05) is 0 Å². The Morgan fingerprint density at radius 2 is 1.67 bits per heavy atom. The molecule has 1 rings (SSSR count). The monoisotopic (exact) mass is 260 g/mol. The maximum atomic E-state index is 12.0. The Hall–Kier alpha value is -0.483. The zero-order valence-electron chi connectivity index (χ0n) is 11.3. The summed E-state index contributed by atoms with van der Waals surface area (Å²) in [4.78, 5) is 12.0. The fourth-order valence-corrected chi connectivity index (χ4v) is 1.80. The number of carbonyl (C=O) groups excluding carboxylic acids is 1. The van der Waals surface area contributed by atoms with Crippen LogP contribution in [0.3, 0.4) is 0 Å². The molecule has 3 nitrogen and oxygen atoms in total. The molecule has 0 aliphatic rings. The van der Waals surface area contributed by atoms with Gasteiger partial charge in [0.15, 0.2) is 5.78 Å². The van der Waals surface area contributed by atoms with Crippen molar-refractivity contribution < 1.29 is 33.1 Å². The van der Waals surface area contributed by atoms with E-state index in [1.807, 2.05) is 19.9 Å². The minimum atomic E-state index is 0. The van der Waals surface area contributed by atoms with Gasteiger partial charge in [0.25, 0.3) is 0 Å². The standard InChI is InChI=1S/C13H18O3P.Li/c1-3-15-11-6-5-7-12(16-4-2)13(11)10(14)8-9-17;/h5-7,17H,3-4,8-9H2,1-2H3;/q-1;+1. The van der Waals surface area contributed by atoms with E-state index in [2.05, 4.69) is 9.24 Å². The summed E-state index contributed by atoms with van der Waals surface area (Å²) in [6.45, 7) is 4.85. The van der Waals surface area contributed by atoms with Gasteiger partial charge in [-0.25, -0.2) is 0 Å². The molecule has 0 saturated carbocycles. The Morgan fingerprint density at radius 3 is 2.06 bits per heavy atom. The SMILES string of the molecule is CCOc1cccc(OCC)c1C(=O)CC[PH-].[Li+]. The number of ketones is 1. The minimum absolute atomic E-state index is 0. The van der Waals surface area contributed by atoms with Gasteiger partial charge in [-0.1, -0.05) is 6.07 Å². The third kappa shape index (κ3) is 4.65. The van der Waals surface area contributed by atoms with Crippen molar-refractivity contribution in [1.82, 2.24) is 0 Å². The summed E-state index contributed by atoms with van der Waals surface area (Å²) < 4.78 is 10.9. The zero-order valence-corrected chi connectivity index (χ0v) is 12.3. The van der Waals surface area contributed by atoms with Crippen molar-refractivity contribution in [3.8, 4) is 11.5 Å². The van der Waals surface area contributed by atoms with Crippen LogP contribution in [0.1, 0.15) is 30.6 Å². The van der Waals surface area contributed by atoms with E-state index in [1.54, 1.807) is 12.1 Å². The number of hydrogen-bond donors (Lipinski definition) is 0. The topological polar surface area (TPSA) is 35.5 Å². The number of rotatable bonds is 7. The van der Waals surface area contributed by atoms with E-state index in [9.17, 15) is 4.79 Å². The van der Waals surface area contributed by atoms with Crippen LogP contribution < -0.4 is 28.3 Å². The van der Waals surface area contributed by atoms with E-state index in [1.165, 1.54) is 0 Å². The quantitative estimate of drug-likeness (QED) is 0.399. The van der Waals surface area contributed by atoms with E-state index in [0.717, 1.165) is 0 Å². The first-order valence-corrected chi connectivity index (χ1v) is 6.51. The van der Waals surface area contributed by atoms with Gasteiger partial charge in [0.1, 0.15) is 17.1 Å². The van der Waals surface area contributed by atoms with Crippen molar-refractivity contribution in [2.75, 3.05) is 19.4 Å². The van der Waals surface area contributed by atoms with Gasteiger partial charge in [-0.2, -0.15) is 6.16 Å². The Balaban J connectivity index is 0.00000289. The largest absolute Gasteiger partial charge is 1.00 e. The van der Waals surface area contributed by atoms with Crippen molar-refractivity contribution in [1.29, 1.82) is 0 Å². The van der Waals surface area contributed by atoms with Crippen LogP contribution in [0.15, 0.2) is 18.2 Å². The molecule has 0 aromatic heterocycles. The van der Waals surface area contributed by atoms with Crippen LogP contribution in [0.25, 0.3) is 0 Å². The number of hydrogen-bond acceptors (Lipinski definition) is 3. The van der Waals surface area contributed by atoms with Crippen LogP contribution >= 0.6 is 9.24 Å². The number of carbonyl (C=O) groups is 1. The summed E-state index contributed by atoms with van der Waals surface area (Å²) in [5.74, 6) is 1.24. The molecule has 1 aromatic carbocycles. The molecule has 0 N–H and O–H groups in total. The number of ether oxygens (including phenoxy) is 2. The molecule has 5 heteroatoms. The van der Waals surface area contributed by atoms with E-state index < -0.39 is 0 Å². The molecule has 0 radical (unpaired) electrons. The Labute approximate surface area is 123 Å². The predicted octanol–water partition coefficient (Wildman–Crippen LogP) is 0.204. The van der Waals surface area contributed by atoms with E-state index >= 15 is 0 Å². The van der Waals surface area contributed by atoms with E-state index in [0.29, 0.717) is 42.9 Å². The molecular weight excluding hydrogens is 242 g/mol. The average molecular weight is 260 g/mol. The first kappa shape index (κ1) is 17.5. The smallest absolute Gasteiger partial charge is 0.558 e.